The van der Waals surface area contributed by atoms with Crippen LogP contribution in [0, 0.1) is 5.92 Å². The van der Waals surface area contributed by atoms with Crippen molar-refractivity contribution < 1.29 is 4.74 Å². The summed E-state index contributed by atoms with van der Waals surface area (Å²) in [6, 6.07) is 3.86. The average Bonchev–Trinajstić information content (AvgIpc) is 2.89. The first-order chi connectivity index (χ1) is 7.83. The Labute approximate surface area is 98.2 Å². The highest BCUT2D eigenvalue weighted by Crippen LogP contribution is 2.20. The second kappa shape index (κ2) is 4.03. The van der Waals surface area contributed by atoms with Crippen molar-refractivity contribution >= 4 is 22.6 Å². The Morgan fingerprint density at radius 3 is 3.25 bits per heavy atom. The summed E-state index contributed by atoms with van der Waals surface area (Å²) in [6.07, 6.45) is 3.16. The maximum atomic E-state index is 5.80. The molecule has 2 aromatic rings. The highest BCUT2D eigenvalue weighted by Gasteiger charge is 2.17. The molecule has 0 saturated carbocycles. The van der Waals surface area contributed by atoms with E-state index in [2.05, 4.69) is 14.8 Å². The molecule has 1 aliphatic heterocycles. The second-order valence-electron chi connectivity index (χ2n) is 4.14. The zero-order chi connectivity index (χ0) is 11.0. The lowest BCUT2D eigenvalue weighted by Gasteiger charge is -2.09. The van der Waals surface area contributed by atoms with E-state index in [-0.39, 0.29) is 0 Å². The molecule has 3 rings (SSSR count). The fourth-order valence-corrected chi connectivity index (χ4v) is 2.27. The van der Waals surface area contributed by atoms with Gasteiger partial charge in [0.15, 0.2) is 10.8 Å². The van der Waals surface area contributed by atoms with Crippen LogP contribution < -0.4 is 0 Å². The van der Waals surface area contributed by atoms with Gasteiger partial charge in [-0.05, 0) is 18.6 Å². The van der Waals surface area contributed by atoms with Crippen LogP contribution in [0.3, 0.4) is 0 Å². The summed E-state index contributed by atoms with van der Waals surface area (Å²) in [6.45, 7) is 2.67. The molecule has 3 heterocycles. The first kappa shape index (κ1) is 10.1. The fraction of sp³-hybridized carbons (Fsp3) is 0.455. The van der Waals surface area contributed by atoms with Crippen molar-refractivity contribution in [3.05, 3.63) is 23.5 Å². The van der Waals surface area contributed by atoms with E-state index in [0.717, 1.165) is 37.2 Å². The van der Waals surface area contributed by atoms with E-state index >= 15 is 0 Å². The number of hydrogen-bond donors (Lipinski definition) is 0. The van der Waals surface area contributed by atoms with Crippen LogP contribution in [0.25, 0.3) is 11.0 Å². The van der Waals surface area contributed by atoms with Gasteiger partial charge in [0, 0.05) is 30.7 Å². The molecule has 0 amide bonds. The molecule has 5 heteroatoms. The summed E-state index contributed by atoms with van der Waals surface area (Å²) in [4.78, 5) is 0. The van der Waals surface area contributed by atoms with Gasteiger partial charge in [-0.15, -0.1) is 10.2 Å². The summed E-state index contributed by atoms with van der Waals surface area (Å²) in [5, 5.41) is 9.48. The largest absolute Gasteiger partial charge is 0.381 e. The molecule has 1 unspecified atom stereocenters. The van der Waals surface area contributed by atoms with Crippen LogP contribution in [0.2, 0.25) is 5.15 Å². The van der Waals surface area contributed by atoms with Gasteiger partial charge >= 0.3 is 0 Å². The number of hydrogen-bond acceptors (Lipinski definition) is 3. The van der Waals surface area contributed by atoms with Gasteiger partial charge in [-0.2, -0.15) is 0 Å². The number of fused-ring (bicyclic) bond motifs is 1. The fourth-order valence-electron chi connectivity index (χ4n) is 2.11. The summed E-state index contributed by atoms with van der Waals surface area (Å²) in [7, 11) is 0. The van der Waals surface area contributed by atoms with Gasteiger partial charge in [0.2, 0.25) is 0 Å². The standard InChI is InChI=1S/C11H12ClN3O/c12-10-5-9-1-3-15(11(9)14-13-10)6-8-2-4-16-7-8/h1,3,5,8H,2,4,6-7H2. The highest BCUT2D eigenvalue weighted by atomic mass is 35.5. The molecule has 1 saturated heterocycles. The van der Waals surface area contributed by atoms with Crippen molar-refractivity contribution in [2.75, 3.05) is 13.2 Å². The first-order valence-corrected chi connectivity index (χ1v) is 5.76. The summed E-state index contributed by atoms with van der Waals surface area (Å²) in [5.74, 6) is 0.591. The molecule has 0 N–H and O–H groups in total. The zero-order valence-corrected chi connectivity index (χ0v) is 9.52. The van der Waals surface area contributed by atoms with Gasteiger partial charge in [-0.1, -0.05) is 11.6 Å². The quantitative estimate of drug-likeness (QED) is 0.803. The van der Waals surface area contributed by atoms with Gasteiger partial charge in [0.05, 0.1) is 6.61 Å². The third-order valence-corrected chi connectivity index (χ3v) is 3.14. The molecule has 1 atom stereocenters. The molecule has 1 aliphatic rings. The Morgan fingerprint density at radius 2 is 2.44 bits per heavy atom. The van der Waals surface area contributed by atoms with E-state index < -0.39 is 0 Å². The Hall–Kier alpha value is -1.13. The molecule has 2 aromatic heterocycles. The number of rotatable bonds is 2. The third-order valence-electron chi connectivity index (χ3n) is 2.96. The number of ether oxygens (including phenoxy) is 1. The Bertz CT molecular complexity index is 505. The van der Waals surface area contributed by atoms with Gasteiger partial charge in [0.1, 0.15) is 0 Å². The highest BCUT2D eigenvalue weighted by molar-refractivity contribution is 6.29. The van der Waals surface area contributed by atoms with Gasteiger partial charge < -0.3 is 9.30 Å². The Morgan fingerprint density at radius 1 is 1.50 bits per heavy atom. The molecule has 0 aromatic carbocycles. The maximum absolute atomic E-state index is 5.80. The molecule has 0 radical (unpaired) electrons. The molecule has 4 nitrogen and oxygen atoms in total. The van der Waals surface area contributed by atoms with Crippen LogP contribution in [0.15, 0.2) is 18.3 Å². The molecule has 0 bridgehead atoms. The summed E-state index contributed by atoms with van der Waals surface area (Å²) < 4.78 is 7.49. The van der Waals surface area contributed by atoms with E-state index in [1.54, 1.807) is 0 Å². The van der Waals surface area contributed by atoms with E-state index in [0.29, 0.717) is 11.1 Å². The molecule has 0 aliphatic carbocycles. The minimum atomic E-state index is 0.439. The van der Waals surface area contributed by atoms with Crippen molar-refractivity contribution in [3.8, 4) is 0 Å². The number of aromatic nitrogens is 3. The summed E-state index contributed by atoms with van der Waals surface area (Å²) >= 11 is 5.80. The van der Waals surface area contributed by atoms with Crippen molar-refractivity contribution in [2.24, 2.45) is 5.92 Å². The SMILES string of the molecule is Clc1cc2ccn(CC3CCOC3)c2nn1. The summed E-state index contributed by atoms with van der Waals surface area (Å²) in [5.41, 5.74) is 0.899. The third kappa shape index (κ3) is 1.79. The van der Waals surface area contributed by atoms with Crippen molar-refractivity contribution in [1.82, 2.24) is 14.8 Å². The van der Waals surface area contributed by atoms with E-state index in [1.165, 1.54) is 0 Å². The average molecular weight is 238 g/mol. The predicted molar refractivity (Wildman–Crippen MR) is 61.5 cm³/mol. The predicted octanol–water partition coefficient (Wildman–Crippen LogP) is 2.12. The smallest absolute Gasteiger partial charge is 0.162 e. The molecular formula is C11H12ClN3O. The molecular weight excluding hydrogens is 226 g/mol. The lowest BCUT2D eigenvalue weighted by atomic mass is 10.1. The minimum Gasteiger partial charge on any atom is -0.381 e. The van der Waals surface area contributed by atoms with E-state index in [1.807, 2.05) is 18.3 Å². The first-order valence-electron chi connectivity index (χ1n) is 5.39. The number of halogens is 1. The van der Waals surface area contributed by atoms with Gasteiger partial charge in [-0.3, -0.25) is 0 Å². The van der Waals surface area contributed by atoms with E-state index in [9.17, 15) is 0 Å². The van der Waals surface area contributed by atoms with Crippen molar-refractivity contribution in [2.45, 2.75) is 13.0 Å². The van der Waals surface area contributed by atoms with Crippen LogP contribution in [-0.2, 0) is 11.3 Å². The maximum Gasteiger partial charge on any atom is 0.162 e. The molecule has 84 valence electrons. The van der Waals surface area contributed by atoms with Crippen LogP contribution in [-0.4, -0.2) is 28.0 Å². The normalized spacial score (nSPS) is 20.7. The van der Waals surface area contributed by atoms with Crippen molar-refractivity contribution in [1.29, 1.82) is 0 Å². The van der Waals surface area contributed by atoms with Crippen LogP contribution in [0.4, 0.5) is 0 Å². The van der Waals surface area contributed by atoms with Crippen LogP contribution in [0.1, 0.15) is 6.42 Å². The molecule has 0 spiro atoms. The van der Waals surface area contributed by atoms with Crippen LogP contribution >= 0.6 is 11.6 Å². The Kier molecular flexibility index (Phi) is 2.53. The zero-order valence-electron chi connectivity index (χ0n) is 8.77. The van der Waals surface area contributed by atoms with E-state index in [4.69, 9.17) is 16.3 Å². The Balaban J connectivity index is 1.91. The van der Waals surface area contributed by atoms with Crippen LogP contribution in [0.5, 0.6) is 0 Å². The number of nitrogens with zero attached hydrogens (tertiary/aromatic N) is 3. The topological polar surface area (TPSA) is 39.9 Å². The molecule has 1 fully saturated rings. The lowest BCUT2D eigenvalue weighted by molar-refractivity contribution is 0.182. The lowest BCUT2D eigenvalue weighted by Crippen LogP contribution is -2.10. The second-order valence-corrected chi connectivity index (χ2v) is 4.53. The van der Waals surface area contributed by atoms with Gasteiger partial charge in [0.25, 0.3) is 0 Å². The van der Waals surface area contributed by atoms with Gasteiger partial charge in [-0.25, -0.2) is 0 Å². The van der Waals surface area contributed by atoms with Crippen molar-refractivity contribution in [3.63, 3.8) is 0 Å². The monoisotopic (exact) mass is 237 g/mol. The minimum absolute atomic E-state index is 0.439. The molecule has 16 heavy (non-hydrogen) atoms.